The second kappa shape index (κ2) is 3.72. The predicted octanol–water partition coefficient (Wildman–Crippen LogP) is 1.54. The van der Waals surface area contributed by atoms with Gasteiger partial charge in [0, 0.05) is 18.3 Å². The molecule has 0 amide bonds. The highest BCUT2D eigenvalue weighted by Gasteiger charge is 2.18. The Bertz CT molecular complexity index is 523. The van der Waals surface area contributed by atoms with Gasteiger partial charge in [-0.15, -0.1) is 0 Å². The highest BCUT2D eigenvalue weighted by Crippen LogP contribution is 2.26. The molecule has 0 saturated carbocycles. The number of hydrogen-bond donors (Lipinski definition) is 1. The Labute approximate surface area is 93.6 Å². The molecule has 3 rings (SSSR count). The highest BCUT2D eigenvalue weighted by atomic mass is 16.3. The SMILES string of the molecule is Oc1cnc2cccnc2c1CN1CCC1. The van der Waals surface area contributed by atoms with Gasteiger partial charge in [-0.3, -0.25) is 14.9 Å². The van der Waals surface area contributed by atoms with Crippen LogP contribution in [0.5, 0.6) is 5.75 Å². The van der Waals surface area contributed by atoms with Gasteiger partial charge in [-0.25, -0.2) is 0 Å². The van der Waals surface area contributed by atoms with Crippen molar-refractivity contribution < 1.29 is 5.11 Å². The van der Waals surface area contributed by atoms with Crippen LogP contribution in [-0.2, 0) is 6.54 Å². The van der Waals surface area contributed by atoms with Crippen LogP contribution >= 0.6 is 0 Å². The Kier molecular flexibility index (Phi) is 2.22. The first-order chi connectivity index (χ1) is 7.84. The van der Waals surface area contributed by atoms with Crippen LogP contribution < -0.4 is 0 Å². The largest absolute Gasteiger partial charge is 0.506 e. The molecule has 1 aliphatic rings. The first-order valence-electron chi connectivity index (χ1n) is 5.48. The van der Waals surface area contributed by atoms with Crippen LogP contribution in [0, 0.1) is 0 Å². The van der Waals surface area contributed by atoms with Gasteiger partial charge in [0.1, 0.15) is 5.75 Å². The molecule has 0 bridgehead atoms. The zero-order chi connectivity index (χ0) is 11.0. The molecule has 4 heteroatoms. The van der Waals surface area contributed by atoms with Gasteiger partial charge >= 0.3 is 0 Å². The fourth-order valence-electron chi connectivity index (χ4n) is 1.98. The molecule has 1 N–H and O–H groups in total. The summed E-state index contributed by atoms with van der Waals surface area (Å²) in [6, 6.07) is 3.78. The monoisotopic (exact) mass is 215 g/mol. The molecule has 0 aromatic carbocycles. The molecular weight excluding hydrogens is 202 g/mol. The van der Waals surface area contributed by atoms with Crippen molar-refractivity contribution in [2.45, 2.75) is 13.0 Å². The van der Waals surface area contributed by atoms with E-state index in [-0.39, 0.29) is 5.75 Å². The van der Waals surface area contributed by atoms with E-state index in [1.54, 1.807) is 6.20 Å². The average Bonchev–Trinajstić information content (AvgIpc) is 2.25. The molecule has 1 aliphatic heterocycles. The van der Waals surface area contributed by atoms with E-state index in [2.05, 4.69) is 14.9 Å². The molecule has 4 nitrogen and oxygen atoms in total. The number of nitrogens with zero attached hydrogens (tertiary/aromatic N) is 3. The molecule has 16 heavy (non-hydrogen) atoms. The van der Waals surface area contributed by atoms with E-state index in [0.717, 1.165) is 36.2 Å². The second-order valence-corrected chi connectivity index (χ2v) is 4.12. The number of fused-ring (bicyclic) bond motifs is 1. The summed E-state index contributed by atoms with van der Waals surface area (Å²) in [5.41, 5.74) is 2.55. The summed E-state index contributed by atoms with van der Waals surface area (Å²) in [5.74, 6) is 0.248. The van der Waals surface area contributed by atoms with Crippen LogP contribution in [0.1, 0.15) is 12.0 Å². The van der Waals surface area contributed by atoms with E-state index < -0.39 is 0 Å². The molecular formula is C12H13N3O. The van der Waals surface area contributed by atoms with Crippen LogP contribution in [0.2, 0.25) is 0 Å². The molecule has 0 atom stereocenters. The van der Waals surface area contributed by atoms with E-state index in [1.807, 2.05) is 12.1 Å². The number of rotatable bonds is 2. The molecule has 1 saturated heterocycles. The van der Waals surface area contributed by atoms with Crippen molar-refractivity contribution in [1.29, 1.82) is 0 Å². The molecule has 0 aliphatic carbocycles. The summed E-state index contributed by atoms with van der Waals surface area (Å²) >= 11 is 0. The van der Waals surface area contributed by atoms with Crippen LogP contribution in [0.15, 0.2) is 24.5 Å². The number of aromatic nitrogens is 2. The van der Waals surface area contributed by atoms with Crippen molar-refractivity contribution in [3.8, 4) is 5.75 Å². The maximum atomic E-state index is 9.85. The van der Waals surface area contributed by atoms with E-state index in [1.165, 1.54) is 12.6 Å². The van der Waals surface area contributed by atoms with Crippen molar-refractivity contribution in [1.82, 2.24) is 14.9 Å². The van der Waals surface area contributed by atoms with E-state index in [4.69, 9.17) is 0 Å². The van der Waals surface area contributed by atoms with E-state index in [9.17, 15) is 5.11 Å². The van der Waals surface area contributed by atoms with Crippen LogP contribution in [-0.4, -0.2) is 33.1 Å². The van der Waals surface area contributed by atoms with Gasteiger partial charge in [-0.05, 0) is 31.6 Å². The summed E-state index contributed by atoms with van der Waals surface area (Å²) in [4.78, 5) is 10.8. The molecule has 1 fully saturated rings. The number of pyridine rings is 2. The van der Waals surface area contributed by atoms with E-state index in [0.29, 0.717) is 0 Å². The lowest BCUT2D eigenvalue weighted by Gasteiger charge is -2.30. The summed E-state index contributed by atoms with van der Waals surface area (Å²) in [5, 5.41) is 9.85. The van der Waals surface area contributed by atoms with Gasteiger partial charge in [0.15, 0.2) is 0 Å². The molecule has 0 spiro atoms. The Morgan fingerprint density at radius 2 is 2.19 bits per heavy atom. The van der Waals surface area contributed by atoms with Crippen molar-refractivity contribution in [3.63, 3.8) is 0 Å². The molecule has 0 unspecified atom stereocenters. The zero-order valence-electron chi connectivity index (χ0n) is 8.93. The minimum Gasteiger partial charge on any atom is -0.506 e. The highest BCUT2D eigenvalue weighted by molar-refractivity contribution is 5.79. The molecule has 3 heterocycles. The predicted molar refractivity (Wildman–Crippen MR) is 61.1 cm³/mol. The van der Waals surface area contributed by atoms with Crippen molar-refractivity contribution in [3.05, 3.63) is 30.1 Å². The first-order valence-corrected chi connectivity index (χ1v) is 5.48. The molecule has 0 radical (unpaired) electrons. The third kappa shape index (κ3) is 1.51. The lowest BCUT2D eigenvalue weighted by atomic mass is 10.1. The normalized spacial score (nSPS) is 16.2. The van der Waals surface area contributed by atoms with Gasteiger partial charge < -0.3 is 5.11 Å². The first kappa shape index (κ1) is 9.54. The molecule has 2 aromatic rings. The quantitative estimate of drug-likeness (QED) is 0.825. The van der Waals surface area contributed by atoms with Crippen LogP contribution in [0.4, 0.5) is 0 Å². The zero-order valence-corrected chi connectivity index (χ0v) is 8.93. The minimum absolute atomic E-state index is 0.248. The summed E-state index contributed by atoms with van der Waals surface area (Å²) in [7, 11) is 0. The summed E-state index contributed by atoms with van der Waals surface area (Å²) < 4.78 is 0. The number of aromatic hydroxyl groups is 1. The fourth-order valence-corrected chi connectivity index (χ4v) is 1.98. The smallest absolute Gasteiger partial charge is 0.140 e. The lowest BCUT2D eigenvalue weighted by Crippen LogP contribution is -2.36. The third-order valence-electron chi connectivity index (χ3n) is 3.04. The topological polar surface area (TPSA) is 49.3 Å². The number of hydrogen-bond acceptors (Lipinski definition) is 4. The Hall–Kier alpha value is -1.68. The standard InChI is InChI=1S/C12H13N3O/c16-11-7-14-10-3-1-4-13-12(10)9(11)8-15-5-2-6-15/h1,3-4,7,16H,2,5-6,8H2. The van der Waals surface area contributed by atoms with Crippen LogP contribution in [0.3, 0.4) is 0 Å². The van der Waals surface area contributed by atoms with Gasteiger partial charge in [-0.1, -0.05) is 0 Å². The summed E-state index contributed by atoms with van der Waals surface area (Å²) in [6.45, 7) is 2.98. The Morgan fingerprint density at radius 1 is 1.31 bits per heavy atom. The molecule has 2 aromatic heterocycles. The van der Waals surface area contributed by atoms with Gasteiger partial charge in [-0.2, -0.15) is 0 Å². The minimum atomic E-state index is 0.248. The second-order valence-electron chi connectivity index (χ2n) is 4.12. The third-order valence-corrected chi connectivity index (χ3v) is 3.04. The number of likely N-dealkylation sites (tertiary alicyclic amines) is 1. The summed E-state index contributed by atoms with van der Waals surface area (Å²) in [6.07, 6.45) is 4.50. The lowest BCUT2D eigenvalue weighted by molar-refractivity contribution is 0.171. The van der Waals surface area contributed by atoms with Gasteiger partial charge in [0.2, 0.25) is 0 Å². The fraction of sp³-hybridized carbons (Fsp3) is 0.333. The van der Waals surface area contributed by atoms with E-state index >= 15 is 0 Å². The van der Waals surface area contributed by atoms with Gasteiger partial charge in [0.25, 0.3) is 0 Å². The maximum Gasteiger partial charge on any atom is 0.140 e. The Balaban J connectivity index is 2.08. The van der Waals surface area contributed by atoms with Crippen molar-refractivity contribution in [2.24, 2.45) is 0 Å². The van der Waals surface area contributed by atoms with Crippen LogP contribution in [0.25, 0.3) is 11.0 Å². The van der Waals surface area contributed by atoms with Crippen molar-refractivity contribution >= 4 is 11.0 Å². The maximum absolute atomic E-state index is 9.85. The molecule has 82 valence electrons. The van der Waals surface area contributed by atoms with Gasteiger partial charge in [0.05, 0.1) is 17.2 Å². The van der Waals surface area contributed by atoms with Crippen molar-refractivity contribution in [2.75, 3.05) is 13.1 Å². The Morgan fingerprint density at radius 3 is 2.94 bits per heavy atom. The average molecular weight is 215 g/mol.